The number of aromatic amines is 1. The summed E-state index contributed by atoms with van der Waals surface area (Å²) in [6.07, 6.45) is 1.20. The highest BCUT2D eigenvalue weighted by Crippen LogP contribution is 2.18. The zero-order valence-electron chi connectivity index (χ0n) is 9.93. The Hall–Kier alpha value is -2.09. The normalized spacial score (nSPS) is 11.4. The minimum atomic E-state index is -3.69. The number of aryl methyl sites for hydroxylation is 1. The molecule has 96 valence electrons. The van der Waals surface area contributed by atoms with Crippen LogP contribution in [-0.2, 0) is 10.0 Å². The Balaban J connectivity index is 2.33. The fraction of sp³-hybridized carbons (Fsp3) is 0.200. The van der Waals surface area contributed by atoms with Gasteiger partial charge in [0.25, 0.3) is 10.0 Å². The minimum absolute atomic E-state index is 0.0387. The number of anilines is 2. The second-order valence-electron chi connectivity index (χ2n) is 3.85. The van der Waals surface area contributed by atoms with Crippen molar-refractivity contribution in [2.75, 3.05) is 10.5 Å². The molecule has 0 radical (unpaired) electrons. The van der Waals surface area contributed by atoms with E-state index in [0.717, 1.165) is 11.3 Å². The first-order valence-corrected chi connectivity index (χ1v) is 6.64. The summed E-state index contributed by atoms with van der Waals surface area (Å²) in [4.78, 5) is 3.78. The monoisotopic (exact) mass is 267 g/mol. The Kier molecular flexibility index (Phi) is 2.95. The van der Waals surface area contributed by atoms with Crippen molar-refractivity contribution in [1.29, 1.82) is 0 Å². The van der Waals surface area contributed by atoms with Gasteiger partial charge in [-0.2, -0.15) is 5.10 Å². The largest absolute Gasteiger partial charge is 0.384 e. The van der Waals surface area contributed by atoms with E-state index in [2.05, 4.69) is 19.9 Å². The molecule has 7 nitrogen and oxygen atoms in total. The fourth-order valence-corrected chi connectivity index (χ4v) is 2.33. The van der Waals surface area contributed by atoms with Crippen LogP contribution in [-0.4, -0.2) is 23.6 Å². The number of rotatable bonds is 3. The molecule has 0 saturated heterocycles. The summed E-state index contributed by atoms with van der Waals surface area (Å²) in [5.41, 5.74) is 6.97. The smallest absolute Gasteiger partial charge is 0.264 e. The van der Waals surface area contributed by atoms with Gasteiger partial charge in [0.1, 0.15) is 10.7 Å². The SMILES string of the molecule is Cc1[nH]nc(NS(=O)(=O)c2ccc(N)nc2)c1C. The van der Waals surface area contributed by atoms with Crippen LogP contribution < -0.4 is 10.5 Å². The molecular weight excluding hydrogens is 254 g/mol. The van der Waals surface area contributed by atoms with E-state index in [9.17, 15) is 8.42 Å². The quantitative estimate of drug-likeness (QED) is 0.761. The zero-order valence-corrected chi connectivity index (χ0v) is 10.7. The minimum Gasteiger partial charge on any atom is -0.384 e. The Morgan fingerprint density at radius 1 is 1.33 bits per heavy atom. The van der Waals surface area contributed by atoms with E-state index in [1.165, 1.54) is 18.3 Å². The molecule has 0 amide bonds. The van der Waals surface area contributed by atoms with Crippen LogP contribution in [0.2, 0.25) is 0 Å². The molecule has 2 aromatic rings. The third kappa shape index (κ3) is 2.28. The third-order valence-corrected chi connectivity index (χ3v) is 3.88. The van der Waals surface area contributed by atoms with Crippen LogP contribution in [0.3, 0.4) is 0 Å². The molecule has 0 saturated carbocycles. The number of H-pyrrole nitrogens is 1. The predicted molar refractivity (Wildman–Crippen MR) is 67.5 cm³/mol. The van der Waals surface area contributed by atoms with Crippen molar-refractivity contribution in [3.63, 3.8) is 0 Å². The molecular formula is C10H13N5O2S. The number of aromatic nitrogens is 3. The summed E-state index contributed by atoms with van der Waals surface area (Å²) in [6, 6.07) is 2.82. The van der Waals surface area contributed by atoms with Crippen LogP contribution in [0, 0.1) is 13.8 Å². The molecule has 0 atom stereocenters. The molecule has 0 aliphatic rings. The van der Waals surface area contributed by atoms with E-state index < -0.39 is 10.0 Å². The summed E-state index contributed by atoms with van der Waals surface area (Å²) in [5, 5.41) is 6.59. The van der Waals surface area contributed by atoms with Crippen LogP contribution in [0.4, 0.5) is 11.6 Å². The summed E-state index contributed by atoms with van der Waals surface area (Å²) >= 11 is 0. The molecule has 0 bridgehead atoms. The number of nitrogens with one attached hydrogen (secondary N) is 2. The maximum absolute atomic E-state index is 12.0. The molecule has 8 heteroatoms. The third-order valence-electron chi connectivity index (χ3n) is 2.55. The summed E-state index contributed by atoms with van der Waals surface area (Å²) in [5.74, 6) is 0.546. The van der Waals surface area contributed by atoms with Gasteiger partial charge in [-0.1, -0.05) is 0 Å². The Bertz CT molecular complexity index is 660. The van der Waals surface area contributed by atoms with Crippen molar-refractivity contribution in [3.8, 4) is 0 Å². The predicted octanol–water partition coefficient (Wildman–Crippen LogP) is 0.805. The molecule has 2 heterocycles. The number of nitrogens with zero attached hydrogens (tertiary/aromatic N) is 2. The average Bonchev–Trinajstić information content (AvgIpc) is 2.61. The highest BCUT2D eigenvalue weighted by molar-refractivity contribution is 7.92. The summed E-state index contributed by atoms with van der Waals surface area (Å²) < 4.78 is 26.4. The Morgan fingerprint density at radius 2 is 2.06 bits per heavy atom. The van der Waals surface area contributed by atoms with Crippen molar-refractivity contribution in [1.82, 2.24) is 15.2 Å². The number of pyridine rings is 1. The van der Waals surface area contributed by atoms with Crippen molar-refractivity contribution in [3.05, 3.63) is 29.6 Å². The molecule has 2 rings (SSSR count). The second kappa shape index (κ2) is 4.30. The number of hydrogen-bond acceptors (Lipinski definition) is 5. The van der Waals surface area contributed by atoms with E-state index in [1.54, 1.807) is 6.92 Å². The first-order chi connectivity index (χ1) is 8.40. The number of hydrogen-bond donors (Lipinski definition) is 3. The molecule has 0 aliphatic heterocycles. The maximum atomic E-state index is 12.0. The lowest BCUT2D eigenvalue weighted by Gasteiger charge is -2.06. The second-order valence-corrected chi connectivity index (χ2v) is 5.53. The lowest BCUT2D eigenvalue weighted by Crippen LogP contribution is -2.14. The lowest BCUT2D eigenvalue weighted by atomic mass is 10.3. The van der Waals surface area contributed by atoms with Gasteiger partial charge in [-0.3, -0.25) is 9.82 Å². The first-order valence-electron chi connectivity index (χ1n) is 5.16. The average molecular weight is 267 g/mol. The lowest BCUT2D eigenvalue weighted by molar-refractivity contribution is 0.600. The van der Waals surface area contributed by atoms with E-state index in [1.807, 2.05) is 6.92 Å². The fourth-order valence-electron chi connectivity index (χ4n) is 1.32. The van der Waals surface area contributed by atoms with Crippen LogP contribution in [0.25, 0.3) is 0 Å². The highest BCUT2D eigenvalue weighted by Gasteiger charge is 2.17. The van der Waals surface area contributed by atoms with Crippen molar-refractivity contribution in [2.24, 2.45) is 0 Å². The zero-order chi connectivity index (χ0) is 13.3. The van der Waals surface area contributed by atoms with Gasteiger partial charge in [0, 0.05) is 17.5 Å². The van der Waals surface area contributed by atoms with Gasteiger partial charge in [-0.15, -0.1) is 0 Å². The number of sulfonamides is 1. The molecule has 18 heavy (non-hydrogen) atoms. The molecule has 0 aromatic carbocycles. The van der Waals surface area contributed by atoms with Crippen molar-refractivity contribution >= 4 is 21.7 Å². The molecule has 0 unspecified atom stereocenters. The van der Waals surface area contributed by atoms with Crippen LogP contribution >= 0.6 is 0 Å². The van der Waals surface area contributed by atoms with Gasteiger partial charge >= 0.3 is 0 Å². The summed E-state index contributed by atoms with van der Waals surface area (Å²) in [6.45, 7) is 3.59. The maximum Gasteiger partial charge on any atom is 0.264 e. The molecule has 0 fully saturated rings. The highest BCUT2D eigenvalue weighted by atomic mass is 32.2. The van der Waals surface area contributed by atoms with E-state index in [0.29, 0.717) is 0 Å². The number of nitrogens with two attached hydrogens (primary N) is 1. The Labute approximate surface area is 104 Å². The van der Waals surface area contributed by atoms with Gasteiger partial charge in [0.15, 0.2) is 5.82 Å². The van der Waals surface area contributed by atoms with E-state index >= 15 is 0 Å². The van der Waals surface area contributed by atoms with Crippen molar-refractivity contribution < 1.29 is 8.42 Å². The van der Waals surface area contributed by atoms with Crippen LogP contribution in [0.5, 0.6) is 0 Å². The Morgan fingerprint density at radius 3 is 2.56 bits per heavy atom. The van der Waals surface area contributed by atoms with Crippen molar-refractivity contribution in [2.45, 2.75) is 18.7 Å². The molecule has 4 N–H and O–H groups in total. The standard InChI is InChI=1S/C10H13N5O2S/c1-6-7(2)13-14-10(6)15-18(16,17)8-3-4-9(11)12-5-8/h3-5H,1-2H3,(H2,11,12)(H2,13,14,15). The van der Waals surface area contributed by atoms with Crippen LogP contribution in [0.15, 0.2) is 23.2 Å². The van der Waals surface area contributed by atoms with E-state index in [-0.39, 0.29) is 16.5 Å². The van der Waals surface area contributed by atoms with Gasteiger partial charge < -0.3 is 5.73 Å². The molecule has 0 aliphatic carbocycles. The first kappa shape index (κ1) is 12.4. The van der Waals surface area contributed by atoms with Gasteiger partial charge in [0.2, 0.25) is 0 Å². The van der Waals surface area contributed by atoms with Gasteiger partial charge in [0.05, 0.1) is 0 Å². The van der Waals surface area contributed by atoms with Crippen LogP contribution in [0.1, 0.15) is 11.3 Å². The van der Waals surface area contributed by atoms with Gasteiger partial charge in [-0.25, -0.2) is 13.4 Å². The topological polar surface area (TPSA) is 114 Å². The molecule has 2 aromatic heterocycles. The van der Waals surface area contributed by atoms with Gasteiger partial charge in [-0.05, 0) is 26.0 Å². The molecule has 0 spiro atoms. The summed E-state index contributed by atoms with van der Waals surface area (Å²) in [7, 11) is -3.69. The van der Waals surface area contributed by atoms with E-state index in [4.69, 9.17) is 5.73 Å². The number of nitrogen functional groups attached to an aromatic ring is 1.